The normalized spacial score (nSPS) is 18.7. The summed E-state index contributed by atoms with van der Waals surface area (Å²) in [6.07, 6.45) is 58.8. The largest absolute Gasteiger partial charge is 0.466 e. The highest BCUT2D eigenvalue weighted by atomic mass is 16.7. The Morgan fingerprint density at radius 1 is 0.468 bits per heavy atom. The van der Waals surface area contributed by atoms with Crippen molar-refractivity contribution in [3.8, 4) is 0 Å². The lowest BCUT2D eigenvalue weighted by atomic mass is 9.99. The van der Waals surface area contributed by atoms with E-state index in [-0.39, 0.29) is 18.5 Å². The van der Waals surface area contributed by atoms with Crippen molar-refractivity contribution in [2.24, 2.45) is 0 Å². The molecule has 7 unspecified atom stereocenters. The van der Waals surface area contributed by atoms with Gasteiger partial charge in [0.15, 0.2) is 6.29 Å². The second-order valence-electron chi connectivity index (χ2n) is 23.2. The van der Waals surface area contributed by atoms with Crippen LogP contribution in [0.25, 0.3) is 0 Å². The molecule has 6 N–H and O–H groups in total. The summed E-state index contributed by atoms with van der Waals surface area (Å²) in [6, 6.07) is -0.806. The summed E-state index contributed by atoms with van der Waals surface area (Å²) in [5.74, 6) is -0.182. The first-order valence-electron chi connectivity index (χ1n) is 33.1. The number of ether oxygens (including phenoxy) is 3. The first-order chi connectivity index (χ1) is 37.7. The molecule has 1 aliphatic heterocycles. The third-order valence-electron chi connectivity index (χ3n) is 15.8. The molecule has 11 nitrogen and oxygen atoms in total. The molecule has 1 heterocycles. The van der Waals surface area contributed by atoms with Crippen molar-refractivity contribution in [2.45, 2.75) is 365 Å². The predicted molar refractivity (Wildman–Crippen MR) is 320 cm³/mol. The first-order valence-corrected chi connectivity index (χ1v) is 33.1. The molecule has 0 spiro atoms. The van der Waals surface area contributed by atoms with Crippen LogP contribution < -0.4 is 5.32 Å². The molecule has 0 aromatic carbocycles. The van der Waals surface area contributed by atoms with Gasteiger partial charge >= 0.3 is 5.97 Å². The van der Waals surface area contributed by atoms with Crippen LogP contribution in [0.2, 0.25) is 0 Å². The number of unbranched alkanes of at least 4 members (excludes halogenated alkanes) is 42. The summed E-state index contributed by atoms with van der Waals surface area (Å²) in [5, 5.41) is 54.3. The molecular formula is C66H125NO10. The van der Waals surface area contributed by atoms with Gasteiger partial charge < -0.3 is 45.1 Å². The van der Waals surface area contributed by atoms with E-state index in [0.717, 1.165) is 57.8 Å². The molecule has 0 aromatic rings. The van der Waals surface area contributed by atoms with Gasteiger partial charge in [0.25, 0.3) is 0 Å². The fourth-order valence-electron chi connectivity index (χ4n) is 10.5. The van der Waals surface area contributed by atoms with Gasteiger partial charge in [0.2, 0.25) is 5.91 Å². The van der Waals surface area contributed by atoms with Crippen LogP contribution in [-0.2, 0) is 23.8 Å². The lowest BCUT2D eigenvalue weighted by Gasteiger charge is -2.40. The van der Waals surface area contributed by atoms with Crippen molar-refractivity contribution in [3.05, 3.63) is 24.3 Å². The summed E-state index contributed by atoms with van der Waals surface area (Å²) >= 11 is 0. The SMILES string of the molecule is CCCCCCC/C=C\CCCCCCCC(=O)OCCCCCCCCCCCCCCCCCCCCCCCCCCCCC(=O)NC(COC1OC(CO)C(O)C(O)C1O)C(O)/C=C/CCCCCCCCC. The van der Waals surface area contributed by atoms with Gasteiger partial charge in [-0.2, -0.15) is 0 Å². The smallest absolute Gasteiger partial charge is 0.305 e. The maximum atomic E-state index is 13.0. The summed E-state index contributed by atoms with van der Waals surface area (Å²) in [7, 11) is 0. The van der Waals surface area contributed by atoms with Crippen molar-refractivity contribution in [1.82, 2.24) is 5.32 Å². The van der Waals surface area contributed by atoms with E-state index < -0.39 is 49.5 Å². The summed E-state index contributed by atoms with van der Waals surface area (Å²) in [5.41, 5.74) is 0. The van der Waals surface area contributed by atoms with Crippen LogP contribution in [0.4, 0.5) is 0 Å². The maximum absolute atomic E-state index is 13.0. The number of rotatable bonds is 58. The summed E-state index contributed by atoms with van der Waals surface area (Å²) in [4.78, 5) is 25.1. The van der Waals surface area contributed by atoms with Gasteiger partial charge in [-0.15, -0.1) is 0 Å². The van der Waals surface area contributed by atoms with E-state index in [2.05, 4.69) is 31.3 Å². The molecule has 7 atom stereocenters. The van der Waals surface area contributed by atoms with Crippen molar-refractivity contribution in [1.29, 1.82) is 0 Å². The van der Waals surface area contributed by atoms with Gasteiger partial charge in [0.1, 0.15) is 24.4 Å². The summed E-state index contributed by atoms with van der Waals surface area (Å²) < 4.78 is 16.7. The molecule has 1 aliphatic rings. The van der Waals surface area contributed by atoms with E-state index in [1.54, 1.807) is 6.08 Å². The Kier molecular flexibility index (Phi) is 53.2. The van der Waals surface area contributed by atoms with Gasteiger partial charge in [0.05, 0.1) is 32.0 Å². The predicted octanol–water partition coefficient (Wildman–Crippen LogP) is 16.1. The number of hydrogen-bond acceptors (Lipinski definition) is 10. The second kappa shape index (κ2) is 56.0. The van der Waals surface area contributed by atoms with Crippen LogP contribution in [-0.4, -0.2) is 100 Å². The van der Waals surface area contributed by atoms with E-state index in [1.165, 1.54) is 238 Å². The molecule has 11 heteroatoms. The molecule has 0 saturated carbocycles. The van der Waals surface area contributed by atoms with E-state index >= 15 is 0 Å². The minimum atomic E-state index is -1.57. The van der Waals surface area contributed by atoms with Crippen LogP contribution >= 0.6 is 0 Å². The molecule has 1 fully saturated rings. The minimum Gasteiger partial charge on any atom is -0.466 e. The molecule has 0 aliphatic carbocycles. The Labute approximate surface area is 473 Å². The number of carbonyl (C=O) groups is 2. The van der Waals surface area contributed by atoms with E-state index in [4.69, 9.17) is 14.2 Å². The zero-order valence-electron chi connectivity index (χ0n) is 50.2. The third kappa shape index (κ3) is 45.4. The van der Waals surface area contributed by atoms with E-state index in [1.807, 2.05) is 6.08 Å². The Hall–Kier alpha value is -1.86. The Morgan fingerprint density at radius 2 is 0.831 bits per heavy atom. The number of carbonyl (C=O) groups excluding carboxylic acids is 2. The summed E-state index contributed by atoms with van der Waals surface area (Å²) in [6.45, 7) is 4.33. The average molecular weight is 1090 g/mol. The highest BCUT2D eigenvalue weighted by Crippen LogP contribution is 2.23. The fraction of sp³-hybridized carbons (Fsp3) is 0.909. The molecule has 1 saturated heterocycles. The highest BCUT2D eigenvalue weighted by molar-refractivity contribution is 5.76. The molecule has 0 radical (unpaired) electrons. The van der Waals surface area contributed by atoms with Gasteiger partial charge in [0, 0.05) is 12.8 Å². The number of aliphatic hydroxyl groups excluding tert-OH is 5. The number of aliphatic hydroxyl groups is 5. The minimum absolute atomic E-state index is 0.00108. The zero-order chi connectivity index (χ0) is 55.9. The van der Waals surface area contributed by atoms with E-state index in [0.29, 0.717) is 19.4 Å². The molecule has 1 amide bonds. The molecule has 0 bridgehead atoms. The molecule has 0 aromatic heterocycles. The Bertz CT molecular complexity index is 1330. The van der Waals surface area contributed by atoms with Gasteiger partial charge in [-0.05, 0) is 57.8 Å². The number of esters is 1. The molecule has 77 heavy (non-hydrogen) atoms. The van der Waals surface area contributed by atoms with Crippen LogP contribution in [0.3, 0.4) is 0 Å². The third-order valence-corrected chi connectivity index (χ3v) is 15.8. The van der Waals surface area contributed by atoms with Crippen LogP contribution in [0.15, 0.2) is 24.3 Å². The molecular weight excluding hydrogens is 967 g/mol. The molecule has 1 rings (SSSR count). The van der Waals surface area contributed by atoms with E-state index in [9.17, 15) is 35.1 Å². The standard InChI is InChI=1S/C66H125NO10/c1-3-5-7-9-11-13-14-15-31-34-38-42-46-50-54-62(71)75-55-51-47-43-39-35-32-29-27-25-23-21-19-17-16-18-20-22-24-26-28-30-33-37-41-45-49-53-61(70)67-58(59(69)52-48-44-40-36-12-10-8-6-4-2)57-76-66-65(74)64(73)63(72)60(56-68)77-66/h14-15,48,52,58-60,63-66,68-69,72-74H,3-13,16-47,49-51,53-57H2,1-2H3,(H,67,70)/b15-14-,52-48+. The number of allylic oxidation sites excluding steroid dienone is 3. The highest BCUT2D eigenvalue weighted by Gasteiger charge is 2.44. The number of hydrogen-bond donors (Lipinski definition) is 6. The Morgan fingerprint density at radius 3 is 1.25 bits per heavy atom. The monoisotopic (exact) mass is 1090 g/mol. The lowest BCUT2D eigenvalue weighted by Crippen LogP contribution is -2.60. The van der Waals surface area contributed by atoms with Crippen LogP contribution in [0, 0.1) is 0 Å². The van der Waals surface area contributed by atoms with Gasteiger partial charge in [-0.1, -0.05) is 276 Å². The second-order valence-corrected chi connectivity index (χ2v) is 23.2. The van der Waals surface area contributed by atoms with Crippen molar-refractivity contribution in [2.75, 3.05) is 19.8 Å². The Balaban J connectivity index is 1.93. The lowest BCUT2D eigenvalue weighted by molar-refractivity contribution is -0.302. The topological polar surface area (TPSA) is 175 Å². The van der Waals surface area contributed by atoms with Gasteiger partial charge in [-0.3, -0.25) is 9.59 Å². The average Bonchev–Trinajstić information content (AvgIpc) is 3.43. The van der Waals surface area contributed by atoms with Crippen molar-refractivity contribution >= 4 is 11.9 Å². The van der Waals surface area contributed by atoms with Crippen molar-refractivity contribution in [3.63, 3.8) is 0 Å². The first kappa shape index (κ1) is 73.2. The van der Waals surface area contributed by atoms with Crippen molar-refractivity contribution < 1.29 is 49.3 Å². The quantitative estimate of drug-likeness (QED) is 0.0195. The zero-order valence-corrected chi connectivity index (χ0v) is 50.2. The number of amides is 1. The number of nitrogens with one attached hydrogen (secondary N) is 1. The fourth-order valence-corrected chi connectivity index (χ4v) is 10.5. The van der Waals surface area contributed by atoms with Gasteiger partial charge in [-0.25, -0.2) is 0 Å². The molecule has 454 valence electrons. The van der Waals surface area contributed by atoms with Crippen LogP contribution in [0.1, 0.15) is 322 Å². The van der Waals surface area contributed by atoms with Crippen LogP contribution in [0.5, 0.6) is 0 Å². The maximum Gasteiger partial charge on any atom is 0.305 e.